The van der Waals surface area contributed by atoms with Crippen molar-refractivity contribution in [2.45, 2.75) is 19.5 Å². The first-order valence-corrected chi connectivity index (χ1v) is 6.27. The summed E-state index contributed by atoms with van der Waals surface area (Å²) in [4.78, 5) is 0. The smallest absolute Gasteiger partial charge is 0.127 e. The van der Waals surface area contributed by atoms with Crippen molar-refractivity contribution in [1.29, 1.82) is 0 Å². The highest BCUT2D eigenvalue weighted by Crippen LogP contribution is 2.18. The highest BCUT2D eigenvalue weighted by atomic mass is 35.5. The molecule has 1 atom stereocenters. The number of hydrogen-bond acceptors (Lipinski definition) is 1. The van der Waals surface area contributed by atoms with Gasteiger partial charge in [0.15, 0.2) is 0 Å². The number of nitrogens with one attached hydrogen (secondary N) is 1. The van der Waals surface area contributed by atoms with E-state index in [2.05, 4.69) is 5.32 Å². The highest BCUT2D eigenvalue weighted by Gasteiger charge is 2.06. The minimum absolute atomic E-state index is 0.128. The van der Waals surface area contributed by atoms with E-state index in [1.807, 2.05) is 37.3 Å². The van der Waals surface area contributed by atoms with Crippen molar-refractivity contribution in [3.05, 3.63) is 70.5 Å². The van der Waals surface area contributed by atoms with Gasteiger partial charge in [0.2, 0.25) is 0 Å². The van der Waals surface area contributed by atoms with Crippen molar-refractivity contribution in [2.24, 2.45) is 0 Å². The average Bonchev–Trinajstić information content (AvgIpc) is 2.37. The first-order valence-electron chi connectivity index (χ1n) is 5.89. The monoisotopic (exact) mass is 263 g/mol. The molecule has 2 rings (SSSR count). The highest BCUT2D eigenvalue weighted by molar-refractivity contribution is 6.30. The molecule has 0 aliphatic carbocycles. The molecule has 94 valence electrons. The average molecular weight is 264 g/mol. The third-order valence-corrected chi connectivity index (χ3v) is 3.14. The molecule has 0 saturated heterocycles. The van der Waals surface area contributed by atoms with Crippen LogP contribution in [0.15, 0.2) is 48.5 Å². The van der Waals surface area contributed by atoms with Crippen molar-refractivity contribution in [3.8, 4) is 0 Å². The van der Waals surface area contributed by atoms with Gasteiger partial charge < -0.3 is 5.32 Å². The van der Waals surface area contributed by atoms with Crippen molar-refractivity contribution in [2.75, 3.05) is 0 Å². The van der Waals surface area contributed by atoms with Gasteiger partial charge in [0.05, 0.1) is 0 Å². The summed E-state index contributed by atoms with van der Waals surface area (Å²) in [5.41, 5.74) is 1.77. The fourth-order valence-corrected chi connectivity index (χ4v) is 2.00. The molecular formula is C15H15ClFN. The molecule has 3 heteroatoms. The number of halogens is 2. The zero-order chi connectivity index (χ0) is 13.0. The Labute approximate surface area is 112 Å². The van der Waals surface area contributed by atoms with Crippen LogP contribution in [-0.4, -0.2) is 0 Å². The van der Waals surface area contributed by atoms with E-state index in [9.17, 15) is 4.39 Å². The van der Waals surface area contributed by atoms with E-state index in [0.29, 0.717) is 17.1 Å². The van der Waals surface area contributed by atoms with E-state index < -0.39 is 0 Å². The molecule has 0 aliphatic rings. The van der Waals surface area contributed by atoms with Crippen LogP contribution in [0.1, 0.15) is 24.1 Å². The lowest BCUT2D eigenvalue weighted by atomic mass is 10.1. The molecule has 0 unspecified atom stereocenters. The molecule has 0 bridgehead atoms. The molecule has 0 fully saturated rings. The lowest BCUT2D eigenvalue weighted by Gasteiger charge is -2.14. The predicted octanol–water partition coefficient (Wildman–Crippen LogP) is 4.33. The zero-order valence-corrected chi connectivity index (χ0v) is 10.9. The van der Waals surface area contributed by atoms with Crippen molar-refractivity contribution >= 4 is 11.6 Å². The van der Waals surface area contributed by atoms with E-state index in [0.717, 1.165) is 5.56 Å². The van der Waals surface area contributed by atoms with E-state index >= 15 is 0 Å². The Balaban J connectivity index is 2.00. The molecule has 0 radical (unpaired) electrons. The van der Waals surface area contributed by atoms with Crippen LogP contribution in [0.3, 0.4) is 0 Å². The molecule has 2 aromatic rings. The van der Waals surface area contributed by atoms with Gasteiger partial charge in [0.25, 0.3) is 0 Å². The SMILES string of the molecule is C[C@H](NCc1ccccc1F)c1cccc(Cl)c1. The van der Waals surface area contributed by atoms with Crippen molar-refractivity contribution < 1.29 is 4.39 Å². The van der Waals surface area contributed by atoms with Crippen LogP contribution in [0.4, 0.5) is 4.39 Å². The topological polar surface area (TPSA) is 12.0 Å². The maximum atomic E-state index is 13.4. The summed E-state index contributed by atoms with van der Waals surface area (Å²) in [6, 6.07) is 14.6. The maximum Gasteiger partial charge on any atom is 0.127 e. The summed E-state index contributed by atoms with van der Waals surface area (Å²) < 4.78 is 13.4. The van der Waals surface area contributed by atoms with Crippen LogP contribution in [0.5, 0.6) is 0 Å². The van der Waals surface area contributed by atoms with Gasteiger partial charge in [-0.3, -0.25) is 0 Å². The minimum Gasteiger partial charge on any atom is -0.306 e. The molecule has 0 amide bonds. The van der Waals surface area contributed by atoms with E-state index in [1.165, 1.54) is 6.07 Å². The van der Waals surface area contributed by atoms with Gasteiger partial charge in [0, 0.05) is 23.2 Å². The molecule has 2 aromatic carbocycles. The summed E-state index contributed by atoms with van der Waals surface area (Å²) in [5, 5.41) is 4.00. The minimum atomic E-state index is -0.178. The lowest BCUT2D eigenvalue weighted by molar-refractivity contribution is 0.544. The van der Waals surface area contributed by atoms with E-state index in [-0.39, 0.29) is 11.9 Å². The molecule has 0 aliphatic heterocycles. The van der Waals surface area contributed by atoms with Crippen molar-refractivity contribution in [1.82, 2.24) is 5.32 Å². The first kappa shape index (κ1) is 13.1. The Hall–Kier alpha value is -1.38. The number of rotatable bonds is 4. The second-order valence-corrected chi connectivity index (χ2v) is 4.69. The van der Waals surface area contributed by atoms with Gasteiger partial charge in [-0.05, 0) is 30.7 Å². The third kappa shape index (κ3) is 3.31. The zero-order valence-electron chi connectivity index (χ0n) is 10.2. The largest absolute Gasteiger partial charge is 0.306 e. The molecule has 1 nitrogen and oxygen atoms in total. The lowest BCUT2D eigenvalue weighted by Crippen LogP contribution is -2.18. The number of hydrogen-bond donors (Lipinski definition) is 1. The summed E-state index contributed by atoms with van der Waals surface area (Å²) in [6.07, 6.45) is 0. The van der Waals surface area contributed by atoms with Crippen LogP contribution in [-0.2, 0) is 6.54 Å². The molecule has 0 aromatic heterocycles. The van der Waals surface area contributed by atoms with Crippen LogP contribution in [0.25, 0.3) is 0 Å². The van der Waals surface area contributed by atoms with Gasteiger partial charge in [-0.25, -0.2) is 4.39 Å². The van der Waals surface area contributed by atoms with Gasteiger partial charge in [0.1, 0.15) is 5.82 Å². The third-order valence-electron chi connectivity index (χ3n) is 2.91. The Bertz CT molecular complexity index is 527. The summed E-state index contributed by atoms with van der Waals surface area (Å²) in [5.74, 6) is -0.178. The van der Waals surface area contributed by atoms with E-state index in [1.54, 1.807) is 12.1 Å². The molecule has 18 heavy (non-hydrogen) atoms. The Morgan fingerprint density at radius 2 is 1.94 bits per heavy atom. The molecule has 0 saturated carbocycles. The number of benzene rings is 2. The maximum absolute atomic E-state index is 13.4. The van der Waals surface area contributed by atoms with Gasteiger partial charge in [-0.2, -0.15) is 0 Å². The molecule has 0 heterocycles. The Kier molecular flexibility index (Phi) is 4.34. The normalized spacial score (nSPS) is 12.4. The summed E-state index contributed by atoms with van der Waals surface area (Å²) in [6.45, 7) is 2.53. The molecular weight excluding hydrogens is 249 g/mol. The van der Waals surface area contributed by atoms with Crippen LogP contribution in [0.2, 0.25) is 5.02 Å². The fourth-order valence-electron chi connectivity index (χ4n) is 1.80. The standard InChI is InChI=1S/C15H15ClFN/c1-11(12-6-4-7-14(16)9-12)18-10-13-5-2-3-8-15(13)17/h2-9,11,18H,10H2,1H3/t11-/m0/s1. The second kappa shape index (κ2) is 5.98. The summed E-state index contributed by atoms with van der Waals surface area (Å²) >= 11 is 5.94. The Morgan fingerprint density at radius 3 is 2.67 bits per heavy atom. The van der Waals surface area contributed by atoms with Crippen LogP contribution >= 0.6 is 11.6 Å². The van der Waals surface area contributed by atoms with Gasteiger partial charge >= 0.3 is 0 Å². The van der Waals surface area contributed by atoms with Gasteiger partial charge in [-0.1, -0.05) is 41.9 Å². The second-order valence-electron chi connectivity index (χ2n) is 4.25. The first-order chi connectivity index (χ1) is 8.66. The molecule has 1 N–H and O–H groups in total. The van der Waals surface area contributed by atoms with Gasteiger partial charge in [-0.15, -0.1) is 0 Å². The fraction of sp³-hybridized carbons (Fsp3) is 0.200. The van der Waals surface area contributed by atoms with Crippen LogP contribution < -0.4 is 5.32 Å². The van der Waals surface area contributed by atoms with Crippen molar-refractivity contribution in [3.63, 3.8) is 0 Å². The van der Waals surface area contributed by atoms with E-state index in [4.69, 9.17) is 11.6 Å². The Morgan fingerprint density at radius 1 is 1.17 bits per heavy atom. The quantitative estimate of drug-likeness (QED) is 0.866. The molecule has 0 spiro atoms. The van der Waals surface area contributed by atoms with Crippen LogP contribution in [0, 0.1) is 5.82 Å². The summed E-state index contributed by atoms with van der Waals surface area (Å²) in [7, 11) is 0. The predicted molar refractivity (Wildman–Crippen MR) is 73.1 cm³/mol.